The normalized spacial score (nSPS) is 16.6. The first-order valence-electron chi connectivity index (χ1n) is 21.1. The van der Waals surface area contributed by atoms with Crippen LogP contribution in [0.15, 0.2) is 73.1 Å². The molecule has 1 aliphatic heterocycles. The zero-order valence-electron chi connectivity index (χ0n) is 32.0. The lowest BCUT2D eigenvalue weighted by atomic mass is 9.78. The van der Waals surface area contributed by atoms with E-state index in [4.69, 9.17) is 0 Å². The summed E-state index contributed by atoms with van der Waals surface area (Å²) < 4.78 is 0. The molecule has 2 heteroatoms. The molecule has 0 bridgehead atoms. The molecule has 2 nitrogen and oxygen atoms in total. The van der Waals surface area contributed by atoms with Gasteiger partial charge in [-0.25, -0.2) is 0 Å². The van der Waals surface area contributed by atoms with Crippen molar-refractivity contribution >= 4 is 0 Å². The molecule has 0 N–H and O–H groups in total. The maximum absolute atomic E-state index is 2.79. The summed E-state index contributed by atoms with van der Waals surface area (Å²) in [6.45, 7) is 9.34. The summed E-state index contributed by atoms with van der Waals surface area (Å²) in [6.07, 6.45) is 39.4. The van der Waals surface area contributed by atoms with Gasteiger partial charge in [0.05, 0.1) is 0 Å². The first kappa shape index (κ1) is 40.2. The van der Waals surface area contributed by atoms with E-state index in [1.54, 1.807) is 0 Å². The summed E-state index contributed by atoms with van der Waals surface area (Å²) >= 11 is 0. The average molecular weight is 657 g/mol. The topological polar surface area (TPSA) is 6.48 Å². The maximum Gasteiger partial charge on any atom is 0.123 e. The summed E-state index contributed by atoms with van der Waals surface area (Å²) in [6, 6.07) is 22.8. The van der Waals surface area contributed by atoms with Gasteiger partial charge in [0.1, 0.15) is 5.66 Å². The van der Waals surface area contributed by atoms with Crippen molar-refractivity contribution in [2.75, 3.05) is 13.1 Å². The molecular formula is C46H76N2. The van der Waals surface area contributed by atoms with Gasteiger partial charge in [-0.1, -0.05) is 216 Å². The smallest absolute Gasteiger partial charge is 0.123 e. The molecule has 0 amide bonds. The van der Waals surface area contributed by atoms with Gasteiger partial charge in [0, 0.05) is 37.8 Å². The molecular weight excluding hydrogens is 581 g/mol. The van der Waals surface area contributed by atoms with E-state index in [2.05, 4.69) is 104 Å². The van der Waals surface area contributed by atoms with Crippen LogP contribution in [-0.2, 0) is 6.42 Å². The molecule has 2 aromatic carbocycles. The summed E-state index contributed by atoms with van der Waals surface area (Å²) in [5.74, 6) is 0.444. The SMILES string of the molecule is CCCCCCCCCCCCCCCCN1C=CN(CCCCCCCCCCC)C1(Cc1ccccc1)C(CC)c1ccccc1. The number of unbranched alkanes of at least 4 members (excludes halogenated alkanes) is 21. The molecule has 0 saturated heterocycles. The van der Waals surface area contributed by atoms with Crippen molar-refractivity contribution in [3.05, 3.63) is 84.2 Å². The fourth-order valence-corrected chi connectivity index (χ4v) is 8.33. The molecule has 1 aliphatic rings. The third-order valence-electron chi connectivity index (χ3n) is 11.2. The van der Waals surface area contributed by atoms with Gasteiger partial charge in [-0.3, -0.25) is 0 Å². The van der Waals surface area contributed by atoms with Crippen molar-refractivity contribution in [1.29, 1.82) is 0 Å². The van der Waals surface area contributed by atoms with E-state index in [1.807, 2.05) is 0 Å². The largest absolute Gasteiger partial charge is 0.353 e. The van der Waals surface area contributed by atoms with Gasteiger partial charge in [-0.2, -0.15) is 0 Å². The van der Waals surface area contributed by atoms with Crippen molar-refractivity contribution < 1.29 is 0 Å². The molecule has 1 heterocycles. The molecule has 0 spiro atoms. The molecule has 0 radical (unpaired) electrons. The fourth-order valence-electron chi connectivity index (χ4n) is 8.33. The number of hydrogen-bond donors (Lipinski definition) is 0. The quantitative estimate of drug-likeness (QED) is 0.0772. The molecule has 0 aliphatic carbocycles. The predicted octanol–water partition coefficient (Wildman–Crippen LogP) is 14.2. The van der Waals surface area contributed by atoms with E-state index < -0.39 is 0 Å². The van der Waals surface area contributed by atoms with E-state index in [9.17, 15) is 0 Å². The van der Waals surface area contributed by atoms with Gasteiger partial charge in [0.15, 0.2) is 0 Å². The molecule has 0 saturated carbocycles. The van der Waals surface area contributed by atoms with Crippen LogP contribution in [-0.4, -0.2) is 28.6 Å². The Hall–Kier alpha value is -2.22. The highest BCUT2D eigenvalue weighted by Crippen LogP contribution is 2.45. The Bertz CT molecular complexity index is 1030. The highest BCUT2D eigenvalue weighted by molar-refractivity contribution is 5.30. The van der Waals surface area contributed by atoms with Crippen LogP contribution in [0.5, 0.6) is 0 Å². The molecule has 2 aromatic rings. The second-order valence-corrected chi connectivity index (χ2v) is 15.0. The summed E-state index contributed by atoms with van der Waals surface area (Å²) in [4.78, 5) is 5.57. The molecule has 0 fully saturated rings. The van der Waals surface area contributed by atoms with Crippen molar-refractivity contribution in [2.45, 2.75) is 193 Å². The molecule has 2 atom stereocenters. The number of nitrogens with zero attached hydrogens (tertiary/aromatic N) is 2. The summed E-state index contributed by atoms with van der Waals surface area (Å²) in [5, 5.41) is 0. The minimum Gasteiger partial charge on any atom is -0.353 e. The van der Waals surface area contributed by atoms with Crippen LogP contribution >= 0.6 is 0 Å². The number of hydrogen-bond acceptors (Lipinski definition) is 2. The zero-order valence-corrected chi connectivity index (χ0v) is 32.0. The fraction of sp³-hybridized carbons (Fsp3) is 0.696. The van der Waals surface area contributed by atoms with Crippen molar-refractivity contribution in [1.82, 2.24) is 9.80 Å². The molecule has 0 aromatic heterocycles. The van der Waals surface area contributed by atoms with Gasteiger partial charge in [0.2, 0.25) is 0 Å². The molecule has 270 valence electrons. The molecule has 2 unspecified atom stereocenters. The Labute approximate surface area is 299 Å². The van der Waals surface area contributed by atoms with E-state index in [1.165, 1.54) is 159 Å². The van der Waals surface area contributed by atoms with E-state index >= 15 is 0 Å². The monoisotopic (exact) mass is 657 g/mol. The number of rotatable bonds is 30. The minimum absolute atomic E-state index is 0.0614. The van der Waals surface area contributed by atoms with E-state index in [-0.39, 0.29) is 5.66 Å². The summed E-state index contributed by atoms with van der Waals surface area (Å²) in [7, 11) is 0. The molecule has 3 rings (SSSR count). The van der Waals surface area contributed by atoms with Crippen LogP contribution in [0.2, 0.25) is 0 Å². The van der Waals surface area contributed by atoms with Crippen molar-refractivity contribution in [3.8, 4) is 0 Å². The summed E-state index contributed by atoms with van der Waals surface area (Å²) in [5.41, 5.74) is 2.88. The van der Waals surface area contributed by atoms with Crippen LogP contribution in [0.1, 0.15) is 192 Å². The van der Waals surface area contributed by atoms with Gasteiger partial charge in [0.25, 0.3) is 0 Å². The van der Waals surface area contributed by atoms with E-state index in [0.29, 0.717) is 5.92 Å². The third kappa shape index (κ3) is 14.3. The Morgan fingerprint density at radius 2 is 0.792 bits per heavy atom. The van der Waals surface area contributed by atoms with E-state index in [0.717, 1.165) is 25.9 Å². The maximum atomic E-state index is 2.79. The highest BCUT2D eigenvalue weighted by atomic mass is 15.4. The van der Waals surface area contributed by atoms with Crippen LogP contribution in [0, 0.1) is 0 Å². The minimum atomic E-state index is -0.0614. The van der Waals surface area contributed by atoms with Crippen LogP contribution < -0.4 is 0 Å². The third-order valence-corrected chi connectivity index (χ3v) is 11.2. The standard InChI is InChI=1S/C46H76N2/c1-4-7-9-11-13-15-16-17-18-19-21-23-25-33-39-48-41-40-47(38-32-24-22-20-14-12-10-8-5-2)46(48,42-43-34-28-26-29-35-43)45(6-3)44-36-30-27-31-37-44/h26-31,34-37,40-41,45H,4-25,32-33,38-39,42H2,1-3H3. The Kier molecular flexibility index (Phi) is 21.5. The van der Waals surface area contributed by atoms with Gasteiger partial charge in [-0.15, -0.1) is 0 Å². The van der Waals surface area contributed by atoms with Gasteiger partial charge < -0.3 is 9.80 Å². The number of benzene rings is 2. The second-order valence-electron chi connectivity index (χ2n) is 15.0. The first-order valence-corrected chi connectivity index (χ1v) is 21.1. The Balaban J connectivity index is 1.58. The highest BCUT2D eigenvalue weighted by Gasteiger charge is 2.49. The Morgan fingerprint density at radius 1 is 0.438 bits per heavy atom. The zero-order chi connectivity index (χ0) is 34.0. The lowest BCUT2D eigenvalue weighted by Gasteiger charge is -2.51. The van der Waals surface area contributed by atoms with Crippen molar-refractivity contribution in [2.24, 2.45) is 0 Å². The van der Waals surface area contributed by atoms with Crippen molar-refractivity contribution in [3.63, 3.8) is 0 Å². The first-order chi connectivity index (χ1) is 23.8. The molecule has 48 heavy (non-hydrogen) atoms. The van der Waals surface area contributed by atoms with Gasteiger partial charge >= 0.3 is 0 Å². The lowest BCUT2D eigenvalue weighted by Crippen LogP contribution is -2.59. The van der Waals surface area contributed by atoms with Crippen LogP contribution in [0.25, 0.3) is 0 Å². The lowest BCUT2D eigenvalue weighted by molar-refractivity contribution is -0.00378. The second kappa shape index (κ2) is 25.7. The average Bonchev–Trinajstić information content (AvgIpc) is 3.45. The van der Waals surface area contributed by atoms with Crippen LogP contribution in [0.3, 0.4) is 0 Å². The Morgan fingerprint density at radius 3 is 1.17 bits per heavy atom. The van der Waals surface area contributed by atoms with Gasteiger partial charge in [-0.05, 0) is 30.4 Å². The predicted molar refractivity (Wildman–Crippen MR) is 212 cm³/mol. The van der Waals surface area contributed by atoms with Crippen LogP contribution in [0.4, 0.5) is 0 Å².